The molecule has 0 aromatic carbocycles. The predicted molar refractivity (Wildman–Crippen MR) is 94.2 cm³/mol. The molecule has 192 valence electrons. The van der Waals surface area contributed by atoms with E-state index >= 15 is 0 Å². The molecule has 32 heavy (non-hydrogen) atoms. The van der Waals surface area contributed by atoms with Crippen molar-refractivity contribution in [3.8, 4) is 0 Å². The van der Waals surface area contributed by atoms with Gasteiger partial charge in [-0.1, -0.05) is 0 Å². The van der Waals surface area contributed by atoms with Gasteiger partial charge in [-0.25, -0.2) is 0 Å². The summed E-state index contributed by atoms with van der Waals surface area (Å²) in [4.78, 5) is 1.31. The average molecular weight is 494 g/mol. The van der Waals surface area contributed by atoms with Crippen LogP contribution in [0, 0.1) is 0 Å². The molecule has 0 heterocycles. The second-order valence-electron chi connectivity index (χ2n) is 6.25. The number of nitrogens with one attached hydrogen (secondary N) is 1. The second-order valence-corrected chi connectivity index (χ2v) is 6.25. The maximum Gasteiger partial charge on any atom is 0.381 e. The normalized spacial score (nSPS) is 13.4. The van der Waals surface area contributed by atoms with Crippen molar-refractivity contribution in [2.45, 2.75) is 23.7 Å². The van der Waals surface area contributed by atoms with Gasteiger partial charge in [0.05, 0.1) is 52.9 Å². The van der Waals surface area contributed by atoms with Gasteiger partial charge in [-0.05, 0) is 0 Å². The molecule has 0 fully saturated rings. The molecule has 0 aliphatic rings. The van der Waals surface area contributed by atoms with Crippen LogP contribution in [0.2, 0.25) is 0 Å². The third-order valence-corrected chi connectivity index (χ3v) is 3.66. The summed E-state index contributed by atoms with van der Waals surface area (Å²) in [7, 11) is 1.51. The molecule has 0 aliphatic carbocycles. The number of ether oxygens (including phenoxy) is 5. The maximum absolute atomic E-state index is 13.6. The van der Waals surface area contributed by atoms with E-state index < -0.39 is 49.4 Å². The zero-order valence-electron chi connectivity index (χ0n) is 17.3. The molecular formula is C16H28F8N3O5+. The minimum absolute atomic E-state index is 0.00737. The molecule has 0 aromatic rings. The van der Waals surface area contributed by atoms with Crippen molar-refractivity contribution in [3.05, 3.63) is 0 Å². The third kappa shape index (κ3) is 9.56. The molecule has 0 saturated carbocycles. The number of rotatable bonds is 19. The lowest BCUT2D eigenvalue weighted by atomic mass is 9.99. The quantitative estimate of drug-likeness (QED) is 0.0970. The number of hydrogen-bond donors (Lipinski definition) is 3. The van der Waals surface area contributed by atoms with Gasteiger partial charge in [0.15, 0.2) is 0 Å². The summed E-state index contributed by atoms with van der Waals surface area (Å²) in [6.45, 7) is -4.04. The highest BCUT2D eigenvalue weighted by Crippen LogP contribution is 2.52. The molecule has 0 rings (SSSR count). The topological polar surface area (TPSA) is 112 Å². The number of nitrogens with two attached hydrogens (primary N) is 2. The zero-order chi connectivity index (χ0) is 24.9. The van der Waals surface area contributed by atoms with Crippen LogP contribution in [0.25, 0.3) is 0 Å². The molecule has 0 aliphatic heterocycles. The number of hydrogen-bond acceptors (Lipinski definition) is 5. The Balaban J connectivity index is 4.32. The smallest absolute Gasteiger partial charge is 0.381 e. The molecule has 0 amide bonds. The Morgan fingerprint density at radius 2 is 1.00 bits per heavy atom. The first-order valence-corrected chi connectivity index (χ1v) is 9.16. The van der Waals surface area contributed by atoms with Crippen molar-refractivity contribution >= 4 is 5.96 Å². The second kappa shape index (κ2) is 13.9. The highest BCUT2D eigenvalue weighted by molar-refractivity contribution is 5.69. The molecule has 5 N–H and O–H groups in total. The first-order valence-electron chi connectivity index (χ1n) is 9.16. The molecule has 0 bridgehead atoms. The van der Waals surface area contributed by atoms with Gasteiger partial charge in [0.25, 0.3) is 0 Å². The molecule has 0 radical (unpaired) electrons. The monoisotopic (exact) mass is 494 g/mol. The molecule has 0 unspecified atom stereocenters. The van der Waals surface area contributed by atoms with E-state index in [4.69, 9.17) is 30.4 Å². The largest absolute Gasteiger partial charge is 0.382 e. The van der Waals surface area contributed by atoms with Gasteiger partial charge < -0.3 is 23.7 Å². The van der Waals surface area contributed by atoms with E-state index in [1.165, 1.54) is 12.1 Å². The molecule has 8 nitrogen and oxygen atoms in total. The van der Waals surface area contributed by atoms with Crippen LogP contribution in [0.3, 0.4) is 0 Å². The van der Waals surface area contributed by atoms with Crippen molar-refractivity contribution < 1.29 is 63.8 Å². The molecule has 0 spiro atoms. The first-order chi connectivity index (χ1) is 14.7. The summed E-state index contributed by atoms with van der Waals surface area (Å²) in [5.74, 6) is -25.1. The van der Waals surface area contributed by atoms with Crippen LogP contribution in [0.4, 0.5) is 35.1 Å². The Morgan fingerprint density at radius 3 is 1.41 bits per heavy atom. The van der Waals surface area contributed by atoms with Crippen molar-refractivity contribution in [1.82, 2.24) is 0 Å². The lowest BCUT2D eigenvalue weighted by Gasteiger charge is -2.35. The van der Waals surface area contributed by atoms with E-state index in [9.17, 15) is 35.1 Å². The van der Waals surface area contributed by atoms with E-state index in [2.05, 4.69) is 4.74 Å². The first kappa shape index (κ1) is 30.5. The van der Waals surface area contributed by atoms with Gasteiger partial charge in [-0.15, -0.1) is 0 Å². The summed E-state index contributed by atoms with van der Waals surface area (Å²) in [6.07, 6.45) is 0. The van der Waals surface area contributed by atoms with Crippen LogP contribution in [-0.4, -0.2) is 103 Å². The van der Waals surface area contributed by atoms with E-state index in [0.29, 0.717) is 19.8 Å². The van der Waals surface area contributed by atoms with E-state index in [1.807, 2.05) is 0 Å². The van der Waals surface area contributed by atoms with Gasteiger partial charge in [-0.3, -0.25) is 16.5 Å². The van der Waals surface area contributed by atoms with Crippen molar-refractivity contribution in [2.75, 3.05) is 73.1 Å². The lowest BCUT2D eigenvalue weighted by molar-refractivity contribution is -0.511. The summed E-state index contributed by atoms with van der Waals surface area (Å²) in [6, 6.07) is 0. The highest BCUT2D eigenvalue weighted by atomic mass is 19.4. The average Bonchev–Trinajstić information content (AvgIpc) is 2.69. The minimum Gasteiger partial charge on any atom is -0.382 e. The molecule has 0 aromatic heterocycles. The number of guanidine groups is 1. The fraction of sp³-hybridized carbons (Fsp3) is 0.938. The Morgan fingerprint density at radius 1 is 0.625 bits per heavy atom. The Kier molecular flexibility index (Phi) is 13.3. The minimum atomic E-state index is -6.45. The number of methoxy groups -OCH3 is 1. The van der Waals surface area contributed by atoms with Crippen molar-refractivity contribution in [1.29, 1.82) is 0 Å². The van der Waals surface area contributed by atoms with Crippen molar-refractivity contribution in [3.63, 3.8) is 0 Å². The van der Waals surface area contributed by atoms with Crippen LogP contribution in [-0.2, 0) is 23.7 Å². The van der Waals surface area contributed by atoms with Crippen LogP contribution in [0.5, 0.6) is 0 Å². The number of alkyl halides is 8. The standard InChI is InChI=1S/C16H27F8N3O5/c1-28-2-3-29-4-5-30-6-7-31-8-9-32-11-14(19,20)16(23,24)15(21,22)13(17,18)10-27-12(25)26/h2-11H2,1H3,(H4,25,26,27)/p+1. The lowest BCUT2D eigenvalue weighted by Crippen LogP contribution is -2.84. The summed E-state index contributed by atoms with van der Waals surface area (Å²) < 4.78 is 133. The zero-order valence-corrected chi connectivity index (χ0v) is 17.3. The van der Waals surface area contributed by atoms with E-state index in [-0.39, 0.29) is 26.4 Å². The predicted octanol–water partition coefficient (Wildman–Crippen LogP) is -0.406. The highest BCUT2D eigenvalue weighted by Gasteiger charge is 2.80. The molecular weight excluding hydrogens is 466 g/mol. The Labute approximate surface area is 179 Å². The van der Waals surface area contributed by atoms with Gasteiger partial charge >= 0.3 is 29.6 Å². The van der Waals surface area contributed by atoms with E-state index in [0.717, 1.165) is 0 Å². The summed E-state index contributed by atoms with van der Waals surface area (Å²) in [5, 5.41) is 0. The number of halogens is 8. The van der Waals surface area contributed by atoms with E-state index in [1.54, 1.807) is 0 Å². The van der Waals surface area contributed by atoms with Gasteiger partial charge in [0, 0.05) is 7.11 Å². The van der Waals surface area contributed by atoms with Crippen LogP contribution in [0.1, 0.15) is 0 Å². The summed E-state index contributed by atoms with van der Waals surface area (Å²) in [5.41, 5.74) is 9.44. The fourth-order valence-electron chi connectivity index (χ4n) is 1.88. The van der Waals surface area contributed by atoms with Crippen molar-refractivity contribution in [2.24, 2.45) is 11.5 Å². The van der Waals surface area contributed by atoms with Gasteiger partial charge in [0.1, 0.15) is 13.2 Å². The SMILES string of the molecule is COCCOCCOCCOCCOCC(F)(F)C(F)(F)C(F)(F)C(F)(F)C[NH+]=C(N)N. The Hall–Kier alpha value is -1.49. The van der Waals surface area contributed by atoms with Crippen LogP contribution >= 0.6 is 0 Å². The summed E-state index contributed by atoms with van der Waals surface area (Å²) >= 11 is 0. The van der Waals surface area contributed by atoms with Crippen LogP contribution < -0.4 is 16.5 Å². The van der Waals surface area contributed by atoms with Crippen LogP contribution in [0.15, 0.2) is 0 Å². The molecule has 0 atom stereocenters. The Bertz CT molecular complexity index is 552. The fourth-order valence-corrected chi connectivity index (χ4v) is 1.88. The van der Waals surface area contributed by atoms with Gasteiger partial charge in [0.2, 0.25) is 0 Å². The third-order valence-electron chi connectivity index (χ3n) is 3.66. The molecule has 16 heteroatoms. The van der Waals surface area contributed by atoms with Gasteiger partial charge in [-0.2, -0.15) is 35.1 Å². The maximum atomic E-state index is 13.6. The molecule has 0 saturated heterocycles.